The Hall–Kier alpha value is -2.20. The predicted octanol–water partition coefficient (Wildman–Crippen LogP) is 4.48. The maximum Gasteiger partial charge on any atom is 0.0705 e. The van der Waals surface area contributed by atoms with Crippen molar-refractivity contribution in [2.45, 2.75) is 51.0 Å². The molecule has 3 N–H and O–H groups in total. The second-order valence-electron chi connectivity index (χ2n) is 6.93. The van der Waals surface area contributed by atoms with Crippen LogP contribution >= 0.6 is 0 Å². The second kappa shape index (κ2) is 5.71. The van der Waals surface area contributed by atoms with Crippen molar-refractivity contribution in [3.63, 3.8) is 0 Å². The fourth-order valence-electron chi connectivity index (χ4n) is 3.58. The topological polar surface area (TPSA) is 67.6 Å². The first-order valence-electron chi connectivity index (χ1n) is 8.88. The maximum atomic E-state index is 6.50. The average Bonchev–Trinajstić information content (AvgIpc) is 3.36. The van der Waals surface area contributed by atoms with Crippen molar-refractivity contribution in [1.82, 2.24) is 15.2 Å². The van der Waals surface area contributed by atoms with E-state index < -0.39 is 0 Å². The number of hydrogen-bond donors (Lipinski definition) is 2. The average molecular weight is 320 g/mol. The summed E-state index contributed by atoms with van der Waals surface area (Å²) in [6, 6.07) is 8.54. The van der Waals surface area contributed by atoms with Gasteiger partial charge < -0.3 is 5.73 Å². The summed E-state index contributed by atoms with van der Waals surface area (Å²) in [5.41, 5.74) is 12.1. The minimum Gasteiger partial charge on any atom is -0.321 e. The monoisotopic (exact) mass is 320 g/mol. The van der Waals surface area contributed by atoms with Crippen molar-refractivity contribution in [1.29, 1.82) is 0 Å². The molecule has 1 aromatic carbocycles. The summed E-state index contributed by atoms with van der Waals surface area (Å²) >= 11 is 0. The molecule has 0 amide bonds. The minimum absolute atomic E-state index is 0.278. The van der Waals surface area contributed by atoms with Gasteiger partial charge in [-0.2, -0.15) is 5.10 Å². The third kappa shape index (κ3) is 2.42. The highest BCUT2D eigenvalue weighted by Gasteiger charge is 2.29. The van der Waals surface area contributed by atoms with Gasteiger partial charge in [0, 0.05) is 22.7 Å². The number of aromatic nitrogens is 3. The van der Waals surface area contributed by atoms with E-state index in [1.165, 1.54) is 29.4 Å². The van der Waals surface area contributed by atoms with Crippen LogP contribution in [-0.4, -0.2) is 15.2 Å². The molecule has 0 saturated heterocycles. The number of nitrogens with one attached hydrogen (secondary N) is 1. The van der Waals surface area contributed by atoms with Gasteiger partial charge in [0.05, 0.1) is 17.4 Å². The van der Waals surface area contributed by atoms with Crippen LogP contribution in [-0.2, 0) is 5.54 Å². The lowest BCUT2D eigenvalue weighted by Gasteiger charge is -2.27. The molecule has 4 rings (SSSR count). The van der Waals surface area contributed by atoms with Crippen LogP contribution in [0, 0.1) is 0 Å². The summed E-state index contributed by atoms with van der Waals surface area (Å²) in [6.45, 7) is 4.27. The Morgan fingerprint density at radius 1 is 1.12 bits per heavy atom. The van der Waals surface area contributed by atoms with Gasteiger partial charge in [0.2, 0.25) is 0 Å². The molecule has 0 bridgehead atoms. The van der Waals surface area contributed by atoms with Crippen molar-refractivity contribution >= 4 is 10.9 Å². The molecule has 4 nitrogen and oxygen atoms in total. The summed E-state index contributed by atoms with van der Waals surface area (Å²) in [4.78, 5) is 4.76. The lowest BCUT2D eigenvalue weighted by molar-refractivity contribution is 0.411. The van der Waals surface area contributed by atoms with E-state index in [0.29, 0.717) is 5.92 Å². The number of pyridine rings is 1. The summed E-state index contributed by atoms with van der Waals surface area (Å²) in [6.07, 6.45) is 8.25. The summed E-state index contributed by atoms with van der Waals surface area (Å²) in [5.74, 6) is 0.641. The van der Waals surface area contributed by atoms with Gasteiger partial charge in [-0.05, 0) is 54.9 Å². The van der Waals surface area contributed by atoms with Crippen LogP contribution in [0.5, 0.6) is 0 Å². The van der Waals surface area contributed by atoms with Crippen molar-refractivity contribution in [2.75, 3.05) is 0 Å². The lowest BCUT2D eigenvalue weighted by atomic mass is 9.86. The van der Waals surface area contributed by atoms with E-state index >= 15 is 0 Å². The lowest BCUT2D eigenvalue weighted by Crippen LogP contribution is -2.35. The number of rotatable bonds is 5. The summed E-state index contributed by atoms with van der Waals surface area (Å²) in [5, 5.41) is 8.52. The summed E-state index contributed by atoms with van der Waals surface area (Å²) < 4.78 is 0. The van der Waals surface area contributed by atoms with Gasteiger partial charge in [0.25, 0.3) is 0 Å². The predicted molar refractivity (Wildman–Crippen MR) is 97.7 cm³/mol. The zero-order chi connectivity index (χ0) is 16.7. The minimum atomic E-state index is -0.278. The Morgan fingerprint density at radius 3 is 2.54 bits per heavy atom. The molecular weight excluding hydrogens is 296 g/mol. The molecule has 24 heavy (non-hydrogen) atoms. The quantitative estimate of drug-likeness (QED) is 0.728. The van der Waals surface area contributed by atoms with Crippen LogP contribution in [0.3, 0.4) is 0 Å². The van der Waals surface area contributed by atoms with E-state index in [1.54, 1.807) is 0 Å². The van der Waals surface area contributed by atoms with Crippen molar-refractivity contribution in [3.05, 3.63) is 47.8 Å². The zero-order valence-electron chi connectivity index (χ0n) is 14.3. The van der Waals surface area contributed by atoms with E-state index in [1.807, 2.05) is 12.4 Å². The van der Waals surface area contributed by atoms with Gasteiger partial charge in [-0.15, -0.1) is 0 Å². The number of nitrogens with zero attached hydrogens (tertiary/aromatic N) is 2. The number of hydrogen-bond acceptors (Lipinski definition) is 3. The zero-order valence-corrected chi connectivity index (χ0v) is 14.3. The molecule has 2 heterocycles. The molecule has 1 fully saturated rings. The molecule has 4 heteroatoms. The number of aromatic amines is 1. The Kier molecular flexibility index (Phi) is 3.65. The third-order valence-electron chi connectivity index (χ3n) is 5.53. The normalized spacial score (nSPS) is 15.1. The molecule has 1 aliphatic carbocycles. The van der Waals surface area contributed by atoms with Crippen molar-refractivity contribution in [2.24, 2.45) is 5.73 Å². The highest BCUT2D eigenvalue weighted by molar-refractivity contribution is 5.89. The Bertz CT molecular complexity index is 855. The van der Waals surface area contributed by atoms with Gasteiger partial charge in [-0.3, -0.25) is 10.1 Å². The first-order chi connectivity index (χ1) is 11.7. The second-order valence-corrected chi connectivity index (χ2v) is 6.93. The Labute approximate surface area is 142 Å². The molecule has 124 valence electrons. The highest BCUT2D eigenvalue weighted by atomic mass is 15.1. The first kappa shape index (κ1) is 15.3. The van der Waals surface area contributed by atoms with Crippen molar-refractivity contribution in [3.8, 4) is 11.3 Å². The Balaban J connectivity index is 1.79. The number of fused-ring (bicyclic) bond motifs is 1. The molecular formula is C20H24N4. The van der Waals surface area contributed by atoms with E-state index in [-0.39, 0.29) is 5.54 Å². The van der Waals surface area contributed by atoms with Gasteiger partial charge in [-0.25, -0.2) is 0 Å². The van der Waals surface area contributed by atoms with E-state index in [0.717, 1.165) is 29.6 Å². The molecule has 0 atom stereocenters. The molecule has 0 radical (unpaired) electrons. The van der Waals surface area contributed by atoms with Crippen LogP contribution in [0.4, 0.5) is 0 Å². The summed E-state index contributed by atoms with van der Waals surface area (Å²) in [7, 11) is 0. The Morgan fingerprint density at radius 2 is 1.92 bits per heavy atom. The van der Waals surface area contributed by atoms with E-state index in [9.17, 15) is 0 Å². The third-order valence-corrected chi connectivity index (χ3v) is 5.53. The van der Waals surface area contributed by atoms with Gasteiger partial charge >= 0.3 is 0 Å². The van der Waals surface area contributed by atoms with Crippen LogP contribution < -0.4 is 5.73 Å². The number of benzene rings is 1. The van der Waals surface area contributed by atoms with E-state index in [4.69, 9.17) is 10.7 Å². The van der Waals surface area contributed by atoms with Crippen molar-refractivity contribution < 1.29 is 0 Å². The molecule has 0 aliphatic heterocycles. The maximum absolute atomic E-state index is 6.50. The molecule has 2 aromatic heterocycles. The number of H-pyrrole nitrogens is 1. The van der Waals surface area contributed by atoms with Crippen LogP contribution in [0.1, 0.15) is 56.6 Å². The molecule has 0 unspecified atom stereocenters. The van der Waals surface area contributed by atoms with Crippen LogP contribution in [0.2, 0.25) is 0 Å². The largest absolute Gasteiger partial charge is 0.321 e. The molecule has 1 aliphatic rings. The SMILES string of the molecule is CCC(N)(CC)c1ccc(-c2ccc3[nH]ncc3c2C2CC2)nc1. The van der Waals surface area contributed by atoms with Gasteiger partial charge in [0.1, 0.15) is 0 Å². The molecule has 0 spiro atoms. The highest BCUT2D eigenvalue weighted by Crippen LogP contribution is 2.47. The molecule has 1 saturated carbocycles. The fourth-order valence-corrected chi connectivity index (χ4v) is 3.58. The number of nitrogens with two attached hydrogens (primary N) is 1. The van der Waals surface area contributed by atoms with E-state index in [2.05, 4.69) is 48.3 Å². The molecule has 3 aromatic rings. The van der Waals surface area contributed by atoms with Gasteiger partial charge in [0.15, 0.2) is 0 Å². The smallest absolute Gasteiger partial charge is 0.0705 e. The van der Waals surface area contributed by atoms with Crippen LogP contribution in [0.15, 0.2) is 36.7 Å². The van der Waals surface area contributed by atoms with Crippen LogP contribution in [0.25, 0.3) is 22.2 Å². The standard InChI is InChI=1S/C20H24N4/c1-3-20(21,4-2)14-7-9-17(22-11-14)15-8-10-18-16(12-23-24-18)19(15)13-5-6-13/h7-13H,3-6,21H2,1-2H3,(H,23,24). The fraction of sp³-hybridized carbons (Fsp3) is 0.400. The first-order valence-corrected chi connectivity index (χ1v) is 8.88. The van der Waals surface area contributed by atoms with Gasteiger partial charge in [-0.1, -0.05) is 26.0 Å².